The van der Waals surface area contributed by atoms with Gasteiger partial charge in [-0.3, -0.25) is 19.4 Å². The van der Waals surface area contributed by atoms with E-state index in [-0.39, 0.29) is 36.7 Å². The minimum Gasteiger partial charge on any atom is -0.453 e. The molecule has 0 aliphatic carbocycles. The lowest BCUT2D eigenvalue weighted by atomic mass is 9.73. The SMILES string of the molecule is C=CC1OC(=O)[C@H](C)C(=O)[C@H](C)C(O[C@@H]2O[C@H](C)C[C@H](C(C)C)[C@H]2O)[C@](C)(OC)C[C@@H](C)C(=O)[C@H](C)[C@@H]2N(CCCCn3cnc(-c4cccnc4)c3)C(=O)O[C@]12C. The number of carbonyl (C=O) groups is 4. The Balaban J connectivity index is 1.44. The van der Waals surface area contributed by atoms with Gasteiger partial charge in [-0.1, -0.05) is 41.2 Å². The quantitative estimate of drug-likeness (QED) is 0.121. The number of pyridine rings is 1. The number of carbonyl (C=O) groups excluding carboxylic acids is 4. The molecule has 58 heavy (non-hydrogen) atoms. The molecule has 13 atom stereocenters. The van der Waals surface area contributed by atoms with Crippen molar-refractivity contribution < 1.29 is 48.0 Å². The maximum Gasteiger partial charge on any atom is 0.410 e. The van der Waals surface area contributed by atoms with Crippen LogP contribution in [0.5, 0.6) is 0 Å². The number of aromatic nitrogens is 3. The van der Waals surface area contributed by atoms with E-state index in [1.807, 2.05) is 43.7 Å². The van der Waals surface area contributed by atoms with Crippen molar-refractivity contribution in [3.05, 3.63) is 49.7 Å². The van der Waals surface area contributed by atoms with Crippen molar-refractivity contribution in [3.63, 3.8) is 0 Å². The molecular weight excluding hydrogens is 745 g/mol. The van der Waals surface area contributed by atoms with Gasteiger partial charge < -0.3 is 38.3 Å². The number of amides is 1. The van der Waals surface area contributed by atoms with Crippen molar-refractivity contribution in [1.82, 2.24) is 19.4 Å². The van der Waals surface area contributed by atoms with Gasteiger partial charge >= 0.3 is 12.1 Å². The molecule has 14 nitrogen and oxygen atoms in total. The van der Waals surface area contributed by atoms with Crippen molar-refractivity contribution in [2.75, 3.05) is 13.7 Å². The first-order valence-electron chi connectivity index (χ1n) is 20.7. The lowest BCUT2D eigenvalue weighted by molar-refractivity contribution is -0.299. The number of unbranched alkanes of at least 4 members (excludes halogenated alkanes) is 1. The zero-order valence-electron chi connectivity index (χ0n) is 35.8. The first-order valence-corrected chi connectivity index (χ1v) is 20.7. The maximum absolute atomic E-state index is 14.7. The lowest BCUT2D eigenvalue weighted by Crippen LogP contribution is -2.59. The Hall–Kier alpha value is -3.98. The van der Waals surface area contributed by atoms with Gasteiger partial charge in [-0.05, 0) is 83.4 Å². The number of hydrogen-bond acceptors (Lipinski definition) is 12. The molecule has 2 unspecified atom stereocenters. The van der Waals surface area contributed by atoms with E-state index in [9.17, 15) is 24.3 Å². The molecule has 5 rings (SSSR count). The van der Waals surface area contributed by atoms with Gasteiger partial charge in [0.05, 0.1) is 35.9 Å². The molecule has 0 spiro atoms. The summed E-state index contributed by atoms with van der Waals surface area (Å²) in [4.78, 5) is 67.0. The van der Waals surface area contributed by atoms with E-state index in [4.69, 9.17) is 23.7 Å². The summed E-state index contributed by atoms with van der Waals surface area (Å²) in [5.41, 5.74) is -1.07. The normalized spacial score (nSPS) is 36.6. The van der Waals surface area contributed by atoms with Crippen LogP contribution in [0.25, 0.3) is 11.3 Å². The fourth-order valence-corrected chi connectivity index (χ4v) is 9.39. The van der Waals surface area contributed by atoms with E-state index in [1.54, 1.807) is 58.2 Å². The number of imidazole rings is 1. The number of ether oxygens (including phenoxy) is 5. The Bertz CT molecular complexity index is 1770. The Morgan fingerprint density at radius 2 is 1.76 bits per heavy atom. The second kappa shape index (κ2) is 18.5. The van der Waals surface area contributed by atoms with Crippen molar-refractivity contribution in [3.8, 4) is 11.3 Å². The first-order chi connectivity index (χ1) is 27.4. The van der Waals surface area contributed by atoms with Crippen LogP contribution in [0.3, 0.4) is 0 Å². The lowest BCUT2D eigenvalue weighted by Gasteiger charge is -2.46. The average molecular weight is 809 g/mol. The van der Waals surface area contributed by atoms with Crippen LogP contribution < -0.4 is 0 Å². The van der Waals surface area contributed by atoms with Gasteiger partial charge in [0.15, 0.2) is 23.8 Å². The summed E-state index contributed by atoms with van der Waals surface area (Å²) in [6.07, 6.45) is 5.41. The van der Waals surface area contributed by atoms with Gasteiger partial charge in [0.25, 0.3) is 0 Å². The van der Waals surface area contributed by atoms with Gasteiger partial charge in [-0.2, -0.15) is 0 Å². The predicted molar refractivity (Wildman–Crippen MR) is 215 cm³/mol. The number of aliphatic hydroxyl groups is 1. The molecule has 3 saturated heterocycles. The van der Waals surface area contributed by atoms with Crippen molar-refractivity contribution in [2.24, 2.45) is 35.5 Å². The van der Waals surface area contributed by atoms with E-state index < -0.39 is 83.4 Å². The fraction of sp³-hybridized carbons (Fsp3) is 0.682. The van der Waals surface area contributed by atoms with Crippen molar-refractivity contribution in [1.29, 1.82) is 0 Å². The van der Waals surface area contributed by atoms with Gasteiger partial charge in [0.2, 0.25) is 0 Å². The van der Waals surface area contributed by atoms with Crippen LogP contribution in [0, 0.1) is 35.5 Å². The topological polar surface area (TPSA) is 169 Å². The number of Topliss-reactive ketones (excluding diaryl/α,β-unsaturated/α-hetero) is 2. The Kier molecular flexibility index (Phi) is 14.4. The molecule has 320 valence electrons. The highest BCUT2D eigenvalue weighted by Gasteiger charge is 2.60. The minimum absolute atomic E-state index is 0.120. The Labute approximate surface area is 343 Å². The van der Waals surface area contributed by atoms with Crippen LogP contribution in [0.1, 0.15) is 88.0 Å². The Morgan fingerprint density at radius 1 is 1.05 bits per heavy atom. The van der Waals surface area contributed by atoms with Gasteiger partial charge in [0.1, 0.15) is 17.8 Å². The smallest absolute Gasteiger partial charge is 0.410 e. The van der Waals surface area contributed by atoms with Gasteiger partial charge in [0, 0.05) is 62.1 Å². The van der Waals surface area contributed by atoms with Crippen molar-refractivity contribution in [2.45, 2.75) is 142 Å². The molecule has 2 aromatic rings. The molecule has 0 saturated carbocycles. The molecule has 14 heteroatoms. The summed E-state index contributed by atoms with van der Waals surface area (Å²) in [6, 6.07) is 2.95. The number of fused-ring (bicyclic) bond motifs is 1. The number of aryl methyl sites for hydroxylation is 1. The van der Waals surface area contributed by atoms with E-state index >= 15 is 0 Å². The van der Waals surface area contributed by atoms with E-state index in [1.165, 1.54) is 20.1 Å². The summed E-state index contributed by atoms with van der Waals surface area (Å²) < 4.78 is 33.0. The molecule has 3 aliphatic rings. The molecule has 0 radical (unpaired) electrons. The van der Waals surface area contributed by atoms with Gasteiger partial charge in [-0.25, -0.2) is 9.78 Å². The molecule has 2 aromatic heterocycles. The highest BCUT2D eigenvalue weighted by atomic mass is 16.7. The zero-order chi connectivity index (χ0) is 42.7. The third-order valence-corrected chi connectivity index (χ3v) is 12.8. The van der Waals surface area contributed by atoms with Crippen LogP contribution in [0.15, 0.2) is 49.7 Å². The summed E-state index contributed by atoms with van der Waals surface area (Å²) >= 11 is 0. The molecule has 5 heterocycles. The number of cyclic esters (lactones) is 1. The molecular formula is C44H64N4O10. The number of methoxy groups -OCH3 is 1. The predicted octanol–water partition coefficient (Wildman–Crippen LogP) is 6.05. The number of nitrogens with zero attached hydrogens (tertiary/aromatic N) is 4. The summed E-state index contributed by atoms with van der Waals surface area (Å²) in [5.74, 6) is -5.17. The monoisotopic (exact) mass is 808 g/mol. The van der Waals surface area contributed by atoms with Crippen LogP contribution >= 0.6 is 0 Å². The molecule has 3 fully saturated rings. The number of rotatable bonds is 11. The fourth-order valence-electron chi connectivity index (χ4n) is 9.39. The first kappa shape index (κ1) is 45.1. The summed E-state index contributed by atoms with van der Waals surface area (Å²) in [5, 5.41) is 11.5. The van der Waals surface area contributed by atoms with E-state index in [0.29, 0.717) is 25.8 Å². The second-order valence-corrected chi connectivity index (χ2v) is 17.5. The highest BCUT2D eigenvalue weighted by molar-refractivity contribution is 6.00. The third-order valence-electron chi connectivity index (χ3n) is 12.8. The number of esters is 1. The van der Waals surface area contributed by atoms with Gasteiger partial charge in [-0.15, -0.1) is 0 Å². The van der Waals surface area contributed by atoms with Crippen LogP contribution in [-0.4, -0.2) is 110 Å². The Morgan fingerprint density at radius 3 is 2.40 bits per heavy atom. The van der Waals surface area contributed by atoms with E-state index in [0.717, 1.165) is 11.3 Å². The standard InChI is InChI=1S/C44H64N4O10/c1-12-34-44(10)38(48(42(53)58-44)19-14-13-18-47-23-33(46-24-47)31-16-15-17-45-22-31)28(6)35(49)26(4)21-43(9,54-11)39(29(7)36(50)30(8)40(52)56-34)57-41-37(51)32(25(2)3)20-27(5)55-41/h12,15-17,22-30,32,34,37-39,41,51H,1,13-14,18-21H2,2-11H3/t26-,27-,28+,29+,30-,32-,34?,37-,38+,39?,41+,43-,44-/m1/s1. The highest BCUT2D eigenvalue weighted by Crippen LogP contribution is 2.43. The third kappa shape index (κ3) is 9.25. The largest absolute Gasteiger partial charge is 0.453 e. The molecule has 1 amide bonds. The minimum atomic E-state index is -1.51. The summed E-state index contributed by atoms with van der Waals surface area (Å²) in [7, 11) is 1.49. The molecule has 0 bridgehead atoms. The number of aliphatic hydroxyl groups excluding tert-OH is 1. The molecule has 0 aromatic carbocycles. The number of hydrogen-bond donors (Lipinski definition) is 1. The van der Waals surface area contributed by atoms with Crippen LogP contribution in [-0.2, 0) is 44.6 Å². The van der Waals surface area contributed by atoms with Crippen molar-refractivity contribution >= 4 is 23.6 Å². The average Bonchev–Trinajstić information content (AvgIpc) is 3.78. The number of ketones is 2. The zero-order valence-corrected chi connectivity index (χ0v) is 35.8. The molecule has 1 N–H and O–H groups in total. The van der Waals surface area contributed by atoms with Crippen LogP contribution in [0.2, 0.25) is 0 Å². The van der Waals surface area contributed by atoms with E-state index in [2.05, 4.69) is 16.5 Å². The summed E-state index contributed by atoms with van der Waals surface area (Å²) in [6.45, 7) is 20.9. The second-order valence-electron chi connectivity index (χ2n) is 17.5. The van der Waals surface area contributed by atoms with Crippen LogP contribution in [0.4, 0.5) is 4.79 Å². The maximum atomic E-state index is 14.7. The molecule has 3 aliphatic heterocycles.